The van der Waals surface area contributed by atoms with E-state index in [2.05, 4.69) is 4.90 Å². The van der Waals surface area contributed by atoms with Gasteiger partial charge in [-0.05, 0) is 12.5 Å². The van der Waals surface area contributed by atoms with E-state index in [9.17, 15) is 14.9 Å². The lowest BCUT2D eigenvalue weighted by Crippen LogP contribution is -2.51. The fourth-order valence-corrected chi connectivity index (χ4v) is 3.03. The van der Waals surface area contributed by atoms with E-state index in [1.165, 1.54) is 12.1 Å². The first kappa shape index (κ1) is 12.7. The van der Waals surface area contributed by atoms with Gasteiger partial charge in [-0.2, -0.15) is 0 Å². The molecule has 0 bridgehead atoms. The van der Waals surface area contributed by atoms with Gasteiger partial charge in [-0.25, -0.2) is 0 Å². The van der Waals surface area contributed by atoms with Crippen LogP contribution in [0, 0.1) is 10.1 Å². The van der Waals surface area contributed by atoms with Crippen molar-refractivity contribution in [3.8, 4) is 0 Å². The van der Waals surface area contributed by atoms with E-state index in [1.807, 2.05) is 4.90 Å². The second-order valence-corrected chi connectivity index (χ2v) is 5.23. The number of nitrogens with two attached hydrogens (primary N) is 1. The number of rotatable bonds is 2. The van der Waals surface area contributed by atoms with Crippen LogP contribution in [0.4, 0.5) is 17.1 Å². The zero-order valence-electron chi connectivity index (χ0n) is 11.0. The maximum absolute atomic E-state index is 11.6. The minimum Gasteiger partial charge on any atom is -0.397 e. The van der Waals surface area contributed by atoms with Crippen LogP contribution < -0.4 is 10.6 Å². The van der Waals surface area contributed by atoms with E-state index in [0.717, 1.165) is 18.7 Å². The van der Waals surface area contributed by atoms with E-state index in [-0.39, 0.29) is 17.6 Å². The zero-order valence-corrected chi connectivity index (χ0v) is 11.0. The van der Waals surface area contributed by atoms with Gasteiger partial charge in [-0.15, -0.1) is 0 Å². The molecule has 0 aromatic heterocycles. The van der Waals surface area contributed by atoms with E-state index >= 15 is 0 Å². The Morgan fingerprint density at radius 3 is 2.85 bits per heavy atom. The van der Waals surface area contributed by atoms with Gasteiger partial charge in [0.25, 0.3) is 5.69 Å². The maximum atomic E-state index is 11.6. The third-order valence-electron chi connectivity index (χ3n) is 4.06. The summed E-state index contributed by atoms with van der Waals surface area (Å²) in [6.45, 7) is 2.15. The molecule has 1 atom stereocenters. The van der Waals surface area contributed by atoms with Crippen LogP contribution in [0.5, 0.6) is 0 Å². The molecule has 3 rings (SSSR count). The normalized spacial score (nSPS) is 22.0. The molecule has 0 saturated carbocycles. The van der Waals surface area contributed by atoms with Crippen molar-refractivity contribution in [1.82, 2.24) is 4.90 Å². The van der Waals surface area contributed by atoms with Gasteiger partial charge in [0.15, 0.2) is 0 Å². The summed E-state index contributed by atoms with van der Waals surface area (Å²) in [5, 5.41) is 10.7. The largest absolute Gasteiger partial charge is 0.397 e. The number of anilines is 2. The van der Waals surface area contributed by atoms with Crippen molar-refractivity contribution >= 4 is 23.0 Å². The van der Waals surface area contributed by atoms with Gasteiger partial charge in [0, 0.05) is 44.2 Å². The maximum Gasteiger partial charge on any atom is 0.271 e. The molecule has 7 nitrogen and oxygen atoms in total. The number of hydrogen-bond donors (Lipinski definition) is 1. The lowest BCUT2D eigenvalue weighted by molar-refractivity contribution is -0.384. The molecular weight excluding hydrogens is 260 g/mol. The highest BCUT2D eigenvalue weighted by atomic mass is 16.6. The number of carbonyl (C=O) groups excluding carboxylic acids is 1. The van der Waals surface area contributed by atoms with Gasteiger partial charge < -0.3 is 15.5 Å². The molecule has 2 aliphatic heterocycles. The summed E-state index contributed by atoms with van der Waals surface area (Å²) in [7, 11) is 0. The van der Waals surface area contributed by atoms with Gasteiger partial charge in [-0.1, -0.05) is 0 Å². The lowest BCUT2D eigenvalue weighted by atomic mass is 10.1. The topological polar surface area (TPSA) is 92.7 Å². The summed E-state index contributed by atoms with van der Waals surface area (Å²) in [5.41, 5.74) is 7.16. The SMILES string of the molecule is Nc1cc([N+](=O)[O-])ccc1N1CCN2C(=O)CCC2C1. The Hall–Kier alpha value is -2.31. The first-order valence-corrected chi connectivity index (χ1v) is 6.64. The van der Waals surface area contributed by atoms with Crippen LogP contribution in [-0.2, 0) is 4.79 Å². The number of hydrogen-bond acceptors (Lipinski definition) is 5. The van der Waals surface area contributed by atoms with Gasteiger partial charge in [-0.3, -0.25) is 14.9 Å². The van der Waals surface area contributed by atoms with Crippen LogP contribution in [0.25, 0.3) is 0 Å². The number of nitrogens with zero attached hydrogens (tertiary/aromatic N) is 3. The van der Waals surface area contributed by atoms with Crippen LogP contribution in [0.1, 0.15) is 12.8 Å². The van der Waals surface area contributed by atoms with E-state index in [4.69, 9.17) is 5.73 Å². The van der Waals surface area contributed by atoms with Gasteiger partial charge in [0.2, 0.25) is 5.91 Å². The Balaban J connectivity index is 1.80. The molecule has 7 heteroatoms. The Morgan fingerprint density at radius 2 is 2.15 bits per heavy atom. The third kappa shape index (κ3) is 2.04. The molecule has 20 heavy (non-hydrogen) atoms. The summed E-state index contributed by atoms with van der Waals surface area (Å²) < 4.78 is 0. The Kier molecular flexibility index (Phi) is 2.96. The highest BCUT2D eigenvalue weighted by Crippen LogP contribution is 2.31. The quantitative estimate of drug-likeness (QED) is 0.494. The van der Waals surface area contributed by atoms with Crippen molar-refractivity contribution in [3.63, 3.8) is 0 Å². The molecule has 106 valence electrons. The smallest absolute Gasteiger partial charge is 0.271 e. The summed E-state index contributed by atoms with van der Waals surface area (Å²) >= 11 is 0. The van der Waals surface area contributed by atoms with Crippen molar-refractivity contribution < 1.29 is 9.72 Å². The summed E-state index contributed by atoms with van der Waals surface area (Å²) in [5.74, 6) is 0.228. The number of amides is 1. The average Bonchev–Trinajstić information content (AvgIpc) is 2.79. The number of benzene rings is 1. The molecule has 2 N–H and O–H groups in total. The number of piperazine rings is 1. The number of nitro groups is 1. The summed E-state index contributed by atoms with van der Waals surface area (Å²) in [4.78, 5) is 26.0. The minimum atomic E-state index is -0.451. The highest BCUT2D eigenvalue weighted by molar-refractivity contribution is 5.79. The Bertz CT molecular complexity index is 575. The van der Waals surface area contributed by atoms with Gasteiger partial charge in [0.05, 0.1) is 16.3 Å². The predicted octanol–water partition coefficient (Wildman–Crippen LogP) is 0.988. The van der Waals surface area contributed by atoms with Crippen molar-refractivity contribution in [2.24, 2.45) is 0 Å². The van der Waals surface area contributed by atoms with Crippen LogP contribution in [-0.4, -0.2) is 41.4 Å². The fraction of sp³-hybridized carbons (Fsp3) is 0.462. The molecular formula is C13H16N4O3. The second-order valence-electron chi connectivity index (χ2n) is 5.23. The monoisotopic (exact) mass is 276 g/mol. The first-order valence-electron chi connectivity index (χ1n) is 6.64. The molecule has 1 aromatic rings. The number of carbonyl (C=O) groups is 1. The van der Waals surface area contributed by atoms with Crippen molar-refractivity contribution in [1.29, 1.82) is 0 Å². The van der Waals surface area contributed by atoms with Gasteiger partial charge in [0.1, 0.15) is 0 Å². The van der Waals surface area contributed by atoms with Crippen LogP contribution in [0.3, 0.4) is 0 Å². The zero-order chi connectivity index (χ0) is 14.3. The van der Waals surface area contributed by atoms with Crippen LogP contribution >= 0.6 is 0 Å². The third-order valence-corrected chi connectivity index (χ3v) is 4.06. The van der Waals surface area contributed by atoms with Gasteiger partial charge >= 0.3 is 0 Å². The van der Waals surface area contributed by atoms with Crippen molar-refractivity contribution in [2.45, 2.75) is 18.9 Å². The Morgan fingerprint density at radius 1 is 1.35 bits per heavy atom. The molecule has 2 aliphatic rings. The molecule has 1 aromatic carbocycles. The number of nitrogen functional groups attached to an aromatic ring is 1. The van der Waals surface area contributed by atoms with E-state index in [0.29, 0.717) is 25.2 Å². The predicted molar refractivity (Wildman–Crippen MR) is 74.5 cm³/mol. The molecule has 2 fully saturated rings. The van der Waals surface area contributed by atoms with Crippen LogP contribution in [0.2, 0.25) is 0 Å². The molecule has 0 spiro atoms. The molecule has 1 unspecified atom stereocenters. The first-order chi connectivity index (χ1) is 9.56. The second kappa shape index (κ2) is 4.66. The van der Waals surface area contributed by atoms with E-state index < -0.39 is 4.92 Å². The molecule has 2 saturated heterocycles. The number of fused-ring (bicyclic) bond motifs is 1. The Labute approximate surface area is 116 Å². The van der Waals surface area contributed by atoms with E-state index in [1.54, 1.807) is 6.07 Å². The summed E-state index contributed by atoms with van der Waals surface area (Å²) in [6, 6.07) is 4.80. The number of nitro benzene ring substituents is 1. The van der Waals surface area contributed by atoms with Crippen LogP contribution in [0.15, 0.2) is 18.2 Å². The molecule has 0 radical (unpaired) electrons. The lowest BCUT2D eigenvalue weighted by Gasteiger charge is -2.39. The molecule has 1 amide bonds. The summed E-state index contributed by atoms with van der Waals surface area (Å²) in [6.07, 6.45) is 1.50. The number of non-ortho nitro benzene ring substituents is 1. The highest BCUT2D eigenvalue weighted by Gasteiger charge is 2.35. The minimum absolute atomic E-state index is 0.000861. The standard InChI is InChI=1S/C13H16N4O3/c14-11-7-9(17(19)20)1-3-12(11)15-5-6-16-10(8-15)2-4-13(16)18/h1,3,7,10H,2,4-6,8,14H2. The molecule has 2 heterocycles. The average molecular weight is 276 g/mol. The fourth-order valence-electron chi connectivity index (χ4n) is 3.03. The van der Waals surface area contributed by atoms with Crippen molar-refractivity contribution in [2.75, 3.05) is 30.3 Å². The molecule has 0 aliphatic carbocycles. The van der Waals surface area contributed by atoms with Crippen molar-refractivity contribution in [3.05, 3.63) is 28.3 Å².